The van der Waals surface area contributed by atoms with E-state index in [1.807, 2.05) is 14.0 Å². The number of oxime groups is 1. The second-order valence-electron chi connectivity index (χ2n) is 8.81. The Morgan fingerprint density at radius 2 is 2.03 bits per heavy atom. The van der Waals surface area contributed by atoms with Crippen molar-refractivity contribution in [2.24, 2.45) is 5.16 Å². The summed E-state index contributed by atoms with van der Waals surface area (Å²) in [5.74, 6) is -2.39. The van der Waals surface area contributed by atoms with E-state index < -0.39 is 35.3 Å². The SMILES string of the molecule is CCCON=C(C(=O)NC1C(=O)N2C(C(=O)O)=C(COC(=O)N3CCN(C)CC3)CS[C@@H]12)c1csc(N)n1. The van der Waals surface area contributed by atoms with Crippen LogP contribution in [0.25, 0.3) is 0 Å². The quantitative estimate of drug-likeness (QED) is 0.158. The lowest BCUT2D eigenvalue weighted by Crippen LogP contribution is -2.71. The predicted octanol–water partition coefficient (Wildman–Crippen LogP) is -0.0214. The molecule has 0 radical (unpaired) electrons. The number of thioether (sulfide) groups is 1. The molecule has 2 atom stereocenters. The molecule has 0 saturated carbocycles. The van der Waals surface area contributed by atoms with E-state index in [9.17, 15) is 24.3 Å². The Kier molecular flexibility index (Phi) is 8.73. The molecule has 0 aromatic carbocycles. The van der Waals surface area contributed by atoms with Gasteiger partial charge in [0.15, 0.2) is 10.8 Å². The third-order valence-electron chi connectivity index (χ3n) is 6.10. The first-order valence-electron chi connectivity index (χ1n) is 11.9. The van der Waals surface area contributed by atoms with Crippen LogP contribution in [0.1, 0.15) is 19.0 Å². The van der Waals surface area contributed by atoms with Crippen molar-refractivity contribution in [1.29, 1.82) is 0 Å². The number of carboxylic acids is 1. The molecule has 0 bridgehead atoms. The van der Waals surface area contributed by atoms with Crippen molar-refractivity contribution in [1.82, 2.24) is 25.0 Å². The molecule has 1 unspecified atom stereocenters. The van der Waals surface area contributed by atoms with Crippen LogP contribution in [0.2, 0.25) is 0 Å². The molecule has 16 heteroatoms. The summed E-state index contributed by atoms with van der Waals surface area (Å²) in [4.78, 5) is 64.6. The van der Waals surface area contributed by atoms with Crippen molar-refractivity contribution in [2.45, 2.75) is 24.8 Å². The minimum Gasteiger partial charge on any atom is -0.477 e. The van der Waals surface area contributed by atoms with Gasteiger partial charge in [0.25, 0.3) is 11.8 Å². The van der Waals surface area contributed by atoms with Crippen molar-refractivity contribution < 1.29 is 33.9 Å². The van der Waals surface area contributed by atoms with Crippen molar-refractivity contribution in [3.05, 3.63) is 22.3 Å². The largest absolute Gasteiger partial charge is 0.477 e. The molecular weight excluding hydrogens is 538 g/mol. The third-order valence-corrected chi connectivity index (χ3v) is 8.11. The maximum Gasteiger partial charge on any atom is 0.410 e. The second-order valence-corrected chi connectivity index (χ2v) is 10.8. The Balaban J connectivity index is 1.43. The van der Waals surface area contributed by atoms with Gasteiger partial charge in [0.2, 0.25) is 0 Å². The number of fused-ring (bicyclic) bond motifs is 1. The van der Waals surface area contributed by atoms with Crippen molar-refractivity contribution in [3.63, 3.8) is 0 Å². The fourth-order valence-electron chi connectivity index (χ4n) is 4.04. The molecule has 3 aliphatic rings. The number of aliphatic carboxylic acids is 1. The highest BCUT2D eigenvalue weighted by molar-refractivity contribution is 8.00. The average Bonchev–Trinajstić information content (AvgIpc) is 3.33. The van der Waals surface area contributed by atoms with Crippen LogP contribution in [0.4, 0.5) is 9.93 Å². The highest BCUT2D eigenvalue weighted by Crippen LogP contribution is 2.40. The monoisotopic (exact) mass is 567 g/mol. The van der Waals surface area contributed by atoms with E-state index in [0.717, 1.165) is 29.3 Å². The molecule has 2 fully saturated rings. The standard InChI is InChI=1S/C22H29N7O7S2/c1-3-8-36-26-14(13-11-38-21(23)24-13)17(30)25-15-18(31)29-16(20(32)33)12(10-37-19(15)29)9-35-22(34)28-6-4-27(2)5-7-28/h11,15,19H,3-10H2,1-2H3,(H2,23,24)(H,25,30)(H,32,33)/t15?,19-/m0/s1. The lowest BCUT2D eigenvalue weighted by Gasteiger charge is -2.49. The van der Waals surface area contributed by atoms with Crippen LogP contribution < -0.4 is 11.1 Å². The minimum absolute atomic E-state index is 0.135. The van der Waals surface area contributed by atoms with Crippen molar-refractivity contribution in [2.75, 3.05) is 57.9 Å². The topological polar surface area (TPSA) is 180 Å². The molecule has 4 rings (SSSR count). The fourth-order valence-corrected chi connectivity index (χ4v) is 5.91. The molecule has 3 aliphatic heterocycles. The Bertz CT molecular complexity index is 1160. The van der Waals surface area contributed by atoms with E-state index in [-0.39, 0.29) is 41.2 Å². The highest BCUT2D eigenvalue weighted by atomic mass is 32.2. The number of carboxylic acid groups (broad SMARTS) is 1. The zero-order valence-electron chi connectivity index (χ0n) is 20.9. The molecule has 4 N–H and O–H groups in total. The van der Waals surface area contributed by atoms with E-state index in [4.69, 9.17) is 15.3 Å². The van der Waals surface area contributed by atoms with Gasteiger partial charge in [-0.15, -0.1) is 23.1 Å². The summed E-state index contributed by atoms with van der Waals surface area (Å²) in [6.45, 7) is 4.39. The molecule has 14 nitrogen and oxygen atoms in total. The number of hydrogen-bond donors (Lipinski definition) is 3. The van der Waals surface area contributed by atoms with Gasteiger partial charge in [0.1, 0.15) is 36.0 Å². The van der Waals surface area contributed by atoms with Crippen LogP contribution in [0.15, 0.2) is 21.8 Å². The van der Waals surface area contributed by atoms with Crippen LogP contribution in [0.3, 0.4) is 0 Å². The number of ether oxygens (including phenoxy) is 1. The first kappa shape index (κ1) is 27.7. The second kappa shape index (κ2) is 12.0. The van der Waals surface area contributed by atoms with Gasteiger partial charge in [-0.1, -0.05) is 12.1 Å². The lowest BCUT2D eigenvalue weighted by atomic mass is 10.0. The number of nitrogen functional groups attached to an aromatic ring is 1. The van der Waals surface area contributed by atoms with E-state index in [1.165, 1.54) is 11.8 Å². The molecule has 0 spiro atoms. The van der Waals surface area contributed by atoms with E-state index in [1.54, 1.807) is 10.3 Å². The third kappa shape index (κ3) is 5.86. The summed E-state index contributed by atoms with van der Waals surface area (Å²) in [6, 6.07) is -0.983. The fraction of sp³-hybridized carbons (Fsp3) is 0.545. The number of carbonyl (C=O) groups is 4. The summed E-state index contributed by atoms with van der Waals surface area (Å²) >= 11 is 2.39. The summed E-state index contributed by atoms with van der Waals surface area (Å²) in [7, 11) is 1.96. The number of rotatable bonds is 9. The van der Waals surface area contributed by atoms with Crippen LogP contribution in [0, 0.1) is 0 Å². The molecule has 2 saturated heterocycles. The maximum absolute atomic E-state index is 13.0. The van der Waals surface area contributed by atoms with Gasteiger partial charge in [-0.25, -0.2) is 14.6 Å². The first-order chi connectivity index (χ1) is 18.2. The van der Waals surface area contributed by atoms with Gasteiger partial charge in [-0.3, -0.25) is 14.5 Å². The molecule has 1 aromatic rings. The number of aromatic nitrogens is 1. The lowest BCUT2D eigenvalue weighted by molar-refractivity contribution is -0.150. The first-order valence-corrected chi connectivity index (χ1v) is 13.9. The smallest absolute Gasteiger partial charge is 0.410 e. The molecule has 206 valence electrons. The van der Waals surface area contributed by atoms with Crippen molar-refractivity contribution >= 4 is 57.8 Å². The number of nitrogens with two attached hydrogens (primary N) is 1. The normalized spacial score (nSPS) is 22.1. The van der Waals surface area contributed by atoms with Gasteiger partial charge in [0, 0.05) is 42.9 Å². The minimum atomic E-state index is -1.31. The van der Waals surface area contributed by atoms with Gasteiger partial charge < -0.3 is 35.5 Å². The zero-order valence-corrected chi connectivity index (χ0v) is 22.5. The number of β-lactam (4-membered cyclic amide) rings is 1. The Morgan fingerprint density at radius 1 is 1.29 bits per heavy atom. The van der Waals surface area contributed by atoms with Gasteiger partial charge in [-0.05, 0) is 13.5 Å². The van der Waals surface area contributed by atoms with E-state index >= 15 is 0 Å². The number of nitrogens with one attached hydrogen (secondary N) is 1. The van der Waals surface area contributed by atoms with Gasteiger partial charge in [0.05, 0.1) is 0 Å². The Morgan fingerprint density at radius 3 is 2.66 bits per heavy atom. The molecule has 0 aliphatic carbocycles. The van der Waals surface area contributed by atoms with Crippen LogP contribution in [-0.2, 0) is 24.0 Å². The van der Waals surface area contributed by atoms with E-state index in [2.05, 4.69) is 20.4 Å². The number of anilines is 1. The summed E-state index contributed by atoms with van der Waals surface area (Å²) < 4.78 is 5.38. The number of amides is 3. The zero-order chi connectivity index (χ0) is 27.4. The van der Waals surface area contributed by atoms with Gasteiger partial charge in [-0.2, -0.15) is 0 Å². The number of thiazole rings is 1. The number of piperazine rings is 1. The molecule has 4 heterocycles. The molecule has 3 amide bonds. The van der Waals surface area contributed by atoms with Crippen LogP contribution in [0.5, 0.6) is 0 Å². The number of carbonyl (C=O) groups excluding carboxylic acids is 3. The molecule has 1 aromatic heterocycles. The predicted molar refractivity (Wildman–Crippen MR) is 139 cm³/mol. The summed E-state index contributed by atoms with van der Waals surface area (Å²) in [6.07, 6.45) is 0.145. The average molecular weight is 568 g/mol. The number of hydrogen-bond acceptors (Lipinski definition) is 12. The number of likely N-dealkylation sites (N-methyl/N-ethyl adjacent to an activating group) is 1. The van der Waals surface area contributed by atoms with Crippen LogP contribution >= 0.6 is 23.1 Å². The van der Waals surface area contributed by atoms with Crippen molar-refractivity contribution in [3.8, 4) is 0 Å². The Hall–Kier alpha value is -3.37. The summed E-state index contributed by atoms with van der Waals surface area (Å²) in [5.41, 5.74) is 5.84. The molecular formula is C22H29N7O7S2. The van der Waals surface area contributed by atoms with Gasteiger partial charge >= 0.3 is 12.1 Å². The van der Waals surface area contributed by atoms with E-state index in [0.29, 0.717) is 25.1 Å². The summed E-state index contributed by atoms with van der Waals surface area (Å²) in [5, 5.41) is 17.5. The Labute approximate surface area is 226 Å². The highest BCUT2D eigenvalue weighted by Gasteiger charge is 2.54. The molecule has 38 heavy (non-hydrogen) atoms. The van der Waals surface area contributed by atoms with Crippen LogP contribution in [-0.4, -0.2) is 118 Å². The maximum atomic E-state index is 13.0. The number of nitrogens with zero attached hydrogens (tertiary/aromatic N) is 5.